The smallest absolute Gasteiger partial charge is 0.231 e. The molecule has 0 radical (unpaired) electrons. The van der Waals surface area contributed by atoms with E-state index in [1.165, 1.54) is 38.5 Å². The Labute approximate surface area is 200 Å². The Morgan fingerprint density at radius 3 is 1.84 bits per heavy atom. The SMILES string of the molecule is CC(C)CCNc1nc(NCN2CCCCC2)nc(N2CCCCC2)n1.Cl.N.N.N.N.[HH].[HH].[HH].[HH]. The molecule has 0 aliphatic carbocycles. The first-order valence-electron chi connectivity index (χ1n) is 10.4. The van der Waals surface area contributed by atoms with Crippen molar-refractivity contribution >= 4 is 30.3 Å². The highest BCUT2D eigenvalue weighted by molar-refractivity contribution is 5.85. The lowest BCUT2D eigenvalue weighted by Crippen LogP contribution is -2.35. The lowest BCUT2D eigenvalue weighted by Gasteiger charge is -2.28. The standard InChI is InChI=1S/C19H35N7.ClH.4H3N.4H2/c1-16(2)9-10-20-17-22-18(21-15-25-11-5-3-6-12-25)24-19(23-17)26-13-7-4-8-14-26;;;;;;;;;/h16H,3-15H2,1-2H3,(H2,20,21,22,23,24);1H;4*1H3;4*1H. The van der Waals surface area contributed by atoms with E-state index in [9.17, 15) is 0 Å². The molecule has 0 bridgehead atoms. The number of anilines is 3. The van der Waals surface area contributed by atoms with E-state index in [0.29, 0.717) is 17.8 Å². The average molecular weight is 474 g/mol. The molecular formula is C19H56ClN11. The Morgan fingerprint density at radius 2 is 1.29 bits per heavy atom. The lowest BCUT2D eigenvalue weighted by atomic mass is 10.1. The second-order valence-electron chi connectivity index (χ2n) is 7.95. The van der Waals surface area contributed by atoms with Gasteiger partial charge < -0.3 is 40.1 Å². The topological polar surface area (TPSA) is 209 Å². The first-order chi connectivity index (χ1) is 12.7. The molecule has 2 saturated heterocycles. The summed E-state index contributed by atoms with van der Waals surface area (Å²) < 4.78 is 0. The van der Waals surface area contributed by atoms with Gasteiger partial charge in [-0.05, 0) is 57.5 Å². The van der Waals surface area contributed by atoms with Crippen LogP contribution in [0.3, 0.4) is 0 Å². The zero-order valence-electron chi connectivity index (χ0n) is 19.7. The minimum atomic E-state index is 0. The zero-order chi connectivity index (χ0) is 18.2. The Bertz CT molecular complexity index is 568. The van der Waals surface area contributed by atoms with Crippen molar-refractivity contribution in [2.24, 2.45) is 5.92 Å². The molecule has 3 rings (SSSR count). The van der Waals surface area contributed by atoms with Gasteiger partial charge in [0.2, 0.25) is 17.8 Å². The van der Waals surface area contributed by atoms with E-state index in [2.05, 4.69) is 44.2 Å². The van der Waals surface area contributed by atoms with Gasteiger partial charge in [-0.2, -0.15) is 15.0 Å². The van der Waals surface area contributed by atoms with Gasteiger partial charge in [0.1, 0.15) is 0 Å². The summed E-state index contributed by atoms with van der Waals surface area (Å²) in [5.74, 6) is 2.87. The highest BCUT2D eigenvalue weighted by Crippen LogP contribution is 2.19. The minimum absolute atomic E-state index is 0. The third-order valence-electron chi connectivity index (χ3n) is 5.18. The van der Waals surface area contributed by atoms with Crippen molar-refractivity contribution < 1.29 is 5.71 Å². The van der Waals surface area contributed by atoms with Crippen LogP contribution in [-0.4, -0.2) is 59.2 Å². The molecule has 1 aromatic rings. The number of aromatic nitrogens is 3. The molecule has 194 valence electrons. The van der Waals surface area contributed by atoms with E-state index in [-0.39, 0.29) is 42.7 Å². The van der Waals surface area contributed by atoms with Crippen LogP contribution in [0.2, 0.25) is 0 Å². The van der Waals surface area contributed by atoms with E-state index in [0.717, 1.165) is 51.8 Å². The molecule has 11 nitrogen and oxygen atoms in total. The van der Waals surface area contributed by atoms with E-state index in [1.807, 2.05) is 0 Å². The summed E-state index contributed by atoms with van der Waals surface area (Å²) in [5.41, 5.74) is 0. The van der Waals surface area contributed by atoms with E-state index < -0.39 is 0 Å². The van der Waals surface area contributed by atoms with Crippen molar-refractivity contribution in [2.45, 2.75) is 58.8 Å². The molecule has 0 atom stereocenters. The minimum Gasteiger partial charge on any atom is -0.354 e. The van der Waals surface area contributed by atoms with Crippen molar-refractivity contribution in [3.8, 4) is 0 Å². The molecule has 0 aromatic carbocycles. The number of nitrogens with one attached hydrogen (secondary N) is 2. The lowest BCUT2D eigenvalue weighted by molar-refractivity contribution is 0.243. The third-order valence-corrected chi connectivity index (χ3v) is 5.18. The number of nitrogens with zero attached hydrogens (tertiary/aromatic N) is 5. The normalized spacial score (nSPS) is 15.9. The maximum absolute atomic E-state index is 4.71. The van der Waals surface area contributed by atoms with Crippen LogP contribution in [0.5, 0.6) is 0 Å². The predicted octanol–water partition coefficient (Wildman–Crippen LogP) is 5.23. The molecule has 2 fully saturated rings. The first kappa shape index (κ1) is 34.1. The molecule has 2 aliphatic rings. The van der Waals surface area contributed by atoms with E-state index in [4.69, 9.17) is 4.98 Å². The highest BCUT2D eigenvalue weighted by atomic mass is 35.5. The summed E-state index contributed by atoms with van der Waals surface area (Å²) >= 11 is 0. The molecule has 12 heteroatoms. The monoisotopic (exact) mass is 473 g/mol. The summed E-state index contributed by atoms with van der Waals surface area (Å²) in [7, 11) is 0. The Hall–Kier alpha value is -1.50. The van der Waals surface area contributed by atoms with Gasteiger partial charge in [0.15, 0.2) is 0 Å². The van der Waals surface area contributed by atoms with Crippen molar-refractivity contribution in [3.63, 3.8) is 0 Å². The average Bonchev–Trinajstić information content (AvgIpc) is 2.67. The van der Waals surface area contributed by atoms with Crippen molar-refractivity contribution in [1.29, 1.82) is 0 Å². The summed E-state index contributed by atoms with van der Waals surface area (Å²) in [6.07, 6.45) is 8.80. The number of piperidine rings is 2. The maximum atomic E-state index is 4.71. The highest BCUT2D eigenvalue weighted by Gasteiger charge is 2.17. The zero-order valence-corrected chi connectivity index (χ0v) is 20.6. The van der Waals surface area contributed by atoms with Gasteiger partial charge in [0, 0.05) is 25.3 Å². The molecule has 2 aliphatic heterocycles. The van der Waals surface area contributed by atoms with Crippen molar-refractivity contribution in [3.05, 3.63) is 0 Å². The van der Waals surface area contributed by atoms with Gasteiger partial charge in [-0.1, -0.05) is 20.3 Å². The molecule has 3 heterocycles. The Morgan fingerprint density at radius 1 is 0.774 bits per heavy atom. The number of hydrogen-bond acceptors (Lipinski definition) is 11. The van der Waals surface area contributed by atoms with Gasteiger partial charge >= 0.3 is 0 Å². The van der Waals surface area contributed by atoms with Crippen LogP contribution < -0.4 is 40.1 Å². The fourth-order valence-electron chi connectivity index (χ4n) is 3.53. The number of hydrogen-bond donors (Lipinski definition) is 6. The van der Waals surface area contributed by atoms with Crippen molar-refractivity contribution in [2.75, 3.05) is 54.9 Å². The van der Waals surface area contributed by atoms with Crippen LogP contribution in [0, 0.1) is 5.92 Å². The molecule has 0 amide bonds. The van der Waals surface area contributed by atoms with Crippen LogP contribution in [0.25, 0.3) is 0 Å². The van der Waals surface area contributed by atoms with Crippen molar-refractivity contribution in [1.82, 2.24) is 44.5 Å². The van der Waals surface area contributed by atoms with E-state index >= 15 is 0 Å². The van der Waals surface area contributed by atoms with Crippen LogP contribution in [0.15, 0.2) is 0 Å². The van der Waals surface area contributed by atoms with Gasteiger partial charge in [-0.15, -0.1) is 12.4 Å². The molecule has 0 unspecified atom stereocenters. The largest absolute Gasteiger partial charge is 0.354 e. The summed E-state index contributed by atoms with van der Waals surface area (Å²) in [6, 6.07) is 0. The van der Waals surface area contributed by atoms with Crippen LogP contribution in [0.4, 0.5) is 17.8 Å². The molecule has 0 saturated carbocycles. The number of halogens is 1. The number of likely N-dealkylation sites (tertiary alicyclic amines) is 1. The molecule has 14 N–H and O–H groups in total. The van der Waals surface area contributed by atoms with Crippen LogP contribution >= 0.6 is 12.4 Å². The fourth-order valence-corrected chi connectivity index (χ4v) is 3.53. The second kappa shape index (κ2) is 18.1. The first-order valence-corrected chi connectivity index (χ1v) is 10.4. The molecule has 1 aromatic heterocycles. The van der Waals surface area contributed by atoms with E-state index in [1.54, 1.807) is 0 Å². The van der Waals surface area contributed by atoms with Crippen LogP contribution in [-0.2, 0) is 0 Å². The maximum Gasteiger partial charge on any atom is 0.231 e. The summed E-state index contributed by atoms with van der Waals surface area (Å²) in [4.78, 5) is 18.8. The number of rotatable bonds is 8. The van der Waals surface area contributed by atoms with Gasteiger partial charge in [-0.25, -0.2) is 0 Å². The quantitative estimate of drug-likeness (QED) is 0.287. The van der Waals surface area contributed by atoms with Gasteiger partial charge in [0.05, 0.1) is 6.67 Å². The predicted molar refractivity (Wildman–Crippen MR) is 144 cm³/mol. The molecular weight excluding hydrogens is 418 g/mol. The third kappa shape index (κ3) is 11.6. The summed E-state index contributed by atoms with van der Waals surface area (Å²) in [5, 5.41) is 6.82. The van der Waals surface area contributed by atoms with Crippen LogP contribution in [0.1, 0.15) is 64.5 Å². The molecule has 31 heavy (non-hydrogen) atoms. The fraction of sp³-hybridized carbons (Fsp3) is 0.842. The molecule has 0 spiro atoms. The summed E-state index contributed by atoms with van der Waals surface area (Å²) in [6.45, 7) is 10.6. The van der Waals surface area contributed by atoms with Gasteiger partial charge in [0.25, 0.3) is 0 Å². The second-order valence-corrected chi connectivity index (χ2v) is 7.95. The Balaban J connectivity index is -0.000000174. The Kier molecular flexibility index (Phi) is 19.9. The van der Waals surface area contributed by atoms with Gasteiger partial charge in [-0.3, -0.25) is 4.90 Å².